The number of azo groups is 1. The molecule has 24 heavy (non-hydrogen) atoms. The van der Waals surface area contributed by atoms with Crippen LogP contribution in [0.1, 0.15) is 29.7 Å². The second kappa shape index (κ2) is 5.59. The molecule has 2 atom stereocenters. The molecular formula is C17H15N3O4. The number of nitro groups is 1. The van der Waals surface area contributed by atoms with E-state index in [0.717, 1.165) is 28.9 Å². The Kier molecular flexibility index (Phi) is 3.41. The minimum Gasteiger partial charge on any atom is -0.454 e. The highest BCUT2D eigenvalue weighted by Crippen LogP contribution is 2.41. The molecule has 0 spiro atoms. The zero-order valence-corrected chi connectivity index (χ0v) is 13.0. The average Bonchev–Trinajstić information content (AvgIpc) is 2.96. The maximum atomic E-state index is 10.8. The third-order valence-electron chi connectivity index (χ3n) is 4.24. The van der Waals surface area contributed by atoms with Crippen LogP contribution in [0.4, 0.5) is 5.69 Å². The van der Waals surface area contributed by atoms with Crippen molar-refractivity contribution >= 4 is 5.69 Å². The first-order valence-electron chi connectivity index (χ1n) is 7.68. The fourth-order valence-electron chi connectivity index (χ4n) is 3.06. The average molecular weight is 325 g/mol. The minimum atomic E-state index is -0.410. The maximum Gasteiger partial charge on any atom is 0.269 e. The Morgan fingerprint density at radius 1 is 1.12 bits per heavy atom. The lowest BCUT2D eigenvalue weighted by Crippen LogP contribution is -2.04. The lowest BCUT2D eigenvalue weighted by atomic mass is 9.92. The van der Waals surface area contributed by atoms with Crippen LogP contribution in [-0.4, -0.2) is 17.8 Å². The standard InChI is InChI=1S/C17H15N3O4/c1-10-6-12-7-15-16(24-9-23-15)8-14(12)17(19-18-10)11-2-4-13(5-3-11)20(21)22/h2-5,7-8,10,17H,6,9H2,1H3/t10-,17?/m1/s1. The summed E-state index contributed by atoms with van der Waals surface area (Å²) in [6, 6.07) is 10.1. The molecule has 0 saturated carbocycles. The van der Waals surface area contributed by atoms with Gasteiger partial charge in [0, 0.05) is 12.1 Å². The Morgan fingerprint density at radius 3 is 2.54 bits per heavy atom. The molecule has 2 aliphatic heterocycles. The minimum absolute atomic E-state index is 0.0589. The molecule has 0 fully saturated rings. The van der Waals surface area contributed by atoms with Crippen LogP contribution in [0.25, 0.3) is 0 Å². The summed E-state index contributed by atoms with van der Waals surface area (Å²) in [5.41, 5.74) is 3.03. The van der Waals surface area contributed by atoms with Gasteiger partial charge in [0.2, 0.25) is 6.79 Å². The summed E-state index contributed by atoms with van der Waals surface area (Å²) in [4.78, 5) is 10.4. The Balaban J connectivity index is 1.80. The number of nitro benzene ring substituents is 1. The molecule has 7 heteroatoms. The lowest BCUT2D eigenvalue weighted by molar-refractivity contribution is -0.384. The van der Waals surface area contributed by atoms with Gasteiger partial charge in [0.1, 0.15) is 6.04 Å². The second-order valence-electron chi connectivity index (χ2n) is 5.94. The highest BCUT2D eigenvalue weighted by molar-refractivity contribution is 5.52. The third kappa shape index (κ3) is 2.47. The Labute approximate surface area is 138 Å². The van der Waals surface area contributed by atoms with Gasteiger partial charge in [0.25, 0.3) is 5.69 Å². The Morgan fingerprint density at radius 2 is 1.83 bits per heavy atom. The molecule has 2 heterocycles. The largest absolute Gasteiger partial charge is 0.454 e. The number of fused-ring (bicyclic) bond motifs is 2. The first-order chi connectivity index (χ1) is 11.6. The van der Waals surface area contributed by atoms with E-state index in [9.17, 15) is 10.1 Å². The van der Waals surface area contributed by atoms with Crippen molar-refractivity contribution in [3.05, 3.63) is 63.2 Å². The number of benzene rings is 2. The summed E-state index contributed by atoms with van der Waals surface area (Å²) in [5.74, 6) is 1.44. The van der Waals surface area contributed by atoms with Gasteiger partial charge < -0.3 is 9.47 Å². The summed E-state index contributed by atoms with van der Waals surface area (Å²) in [5, 5.41) is 19.7. The van der Waals surface area contributed by atoms with Crippen LogP contribution in [-0.2, 0) is 6.42 Å². The zero-order valence-electron chi connectivity index (χ0n) is 13.0. The van der Waals surface area contributed by atoms with Gasteiger partial charge in [-0.05, 0) is 54.3 Å². The van der Waals surface area contributed by atoms with Gasteiger partial charge >= 0.3 is 0 Å². The number of hydrogen-bond acceptors (Lipinski definition) is 6. The number of nitrogens with zero attached hydrogens (tertiary/aromatic N) is 3. The van der Waals surface area contributed by atoms with Crippen LogP contribution in [0.5, 0.6) is 11.5 Å². The maximum absolute atomic E-state index is 10.8. The number of non-ortho nitro benzene ring substituents is 1. The Bertz CT molecular complexity index is 832. The molecule has 0 aromatic heterocycles. The topological polar surface area (TPSA) is 86.3 Å². The van der Waals surface area contributed by atoms with E-state index in [1.54, 1.807) is 12.1 Å². The first-order valence-corrected chi connectivity index (χ1v) is 7.68. The molecular weight excluding hydrogens is 310 g/mol. The molecule has 122 valence electrons. The van der Waals surface area contributed by atoms with Gasteiger partial charge in [-0.1, -0.05) is 0 Å². The normalized spacial score (nSPS) is 21.2. The van der Waals surface area contributed by atoms with Crippen LogP contribution in [0.2, 0.25) is 0 Å². The molecule has 2 aliphatic rings. The van der Waals surface area contributed by atoms with E-state index >= 15 is 0 Å². The van der Waals surface area contributed by atoms with Crippen molar-refractivity contribution in [1.29, 1.82) is 0 Å². The number of ether oxygens (including phenoxy) is 2. The zero-order chi connectivity index (χ0) is 16.7. The van der Waals surface area contributed by atoms with Crippen molar-refractivity contribution in [2.24, 2.45) is 10.2 Å². The molecule has 4 rings (SSSR count). The van der Waals surface area contributed by atoms with Crippen molar-refractivity contribution in [3.63, 3.8) is 0 Å². The van der Waals surface area contributed by atoms with Crippen molar-refractivity contribution < 1.29 is 14.4 Å². The molecule has 1 unspecified atom stereocenters. The summed E-state index contributed by atoms with van der Waals surface area (Å²) in [6.45, 7) is 2.23. The van der Waals surface area contributed by atoms with Gasteiger partial charge in [-0.25, -0.2) is 0 Å². The van der Waals surface area contributed by atoms with E-state index in [2.05, 4.69) is 10.2 Å². The third-order valence-corrected chi connectivity index (χ3v) is 4.24. The molecule has 0 aliphatic carbocycles. The van der Waals surface area contributed by atoms with Crippen molar-refractivity contribution in [3.8, 4) is 11.5 Å². The van der Waals surface area contributed by atoms with E-state index < -0.39 is 4.92 Å². The van der Waals surface area contributed by atoms with E-state index in [1.165, 1.54) is 12.1 Å². The predicted octanol–water partition coefficient (Wildman–Crippen LogP) is 3.81. The van der Waals surface area contributed by atoms with Crippen LogP contribution >= 0.6 is 0 Å². The lowest BCUT2D eigenvalue weighted by Gasteiger charge is -2.15. The van der Waals surface area contributed by atoms with Gasteiger partial charge in [-0.15, -0.1) is 0 Å². The van der Waals surface area contributed by atoms with E-state index in [0.29, 0.717) is 5.75 Å². The fraction of sp³-hybridized carbons (Fsp3) is 0.294. The SMILES string of the molecule is C[C@@H]1Cc2cc3c(cc2C(c2ccc([N+](=O)[O-])cc2)N=N1)OCO3. The van der Waals surface area contributed by atoms with E-state index in [-0.39, 0.29) is 24.6 Å². The van der Waals surface area contributed by atoms with Crippen LogP contribution in [0, 0.1) is 10.1 Å². The smallest absolute Gasteiger partial charge is 0.269 e. The summed E-state index contributed by atoms with van der Waals surface area (Å²) >= 11 is 0. The van der Waals surface area contributed by atoms with Crippen molar-refractivity contribution in [2.45, 2.75) is 25.4 Å². The second-order valence-corrected chi connectivity index (χ2v) is 5.94. The quantitative estimate of drug-likeness (QED) is 0.620. The molecule has 0 radical (unpaired) electrons. The van der Waals surface area contributed by atoms with Crippen LogP contribution < -0.4 is 9.47 Å². The highest BCUT2D eigenvalue weighted by Gasteiger charge is 2.26. The Hall–Kier alpha value is -2.96. The molecule has 0 N–H and O–H groups in total. The molecule has 7 nitrogen and oxygen atoms in total. The van der Waals surface area contributed by atoms with Gasteiger partial charge in [-0.3, -0.25) is 10.1 Å². The summed E-state index contributed by atoms with van der Waals surface area (Å²) in [6.07, 6.45) is 0.763. The fourth-order valence-corrected chi connectivity index (χ4v) is 3.06. The summed E-state index contributed by atoms with van der Waals surface area (Å²) < 4.78 is 10.9. The van der Waals surface area contributed by atoms with E-state index in [4.69, 9.17) is 9.47 Å². The van der Waals surface area contributed by atoms with E-state index in [1.807, 2.05) is 19.1 Å². The van der Waals surface area contributed by atoms with Gasteiger partial charge in [0.15, 0.2) is 11.5 Å². The first kappa shape index (κ1) is 14.6. The molecule has 0 bridgehead atoms. The van der Waals surface area contributed by atoms with Crippen LogP contribution in [0.3, 0.4) is 0 Å². The summed E-state index contributed by atoms with van der Waals surface area (Å²) in [7, 11) is 0. The van der Waals surface area contributed by atoms with Gasteiger partial charge in [0.05, 0.1) is 11.0 Å². The number of rotatable bonds is 2. The van der Waals surface area contributed by atoms with Gasteiger partial charge in [-0.2, -0.15) is 10.2 Å². The predicted molar refractivity (Wildman–Crippen MR) is 85.5 cm³/mol. The molecule has 0 amide bonds. The monoisotopic (exact) mass is 325 g/mol. The molecule has 0 saturated heterocycles. The van der Waals surface area contributed by atoms with Crippen molar-refractivity contribution in [1.82, 2.24) is 0 Å². The highest BCUT2D eigenvalue weighted by atomic mass is 16.7. The molecule has 2 aromatic carbocycles. The number of hydrogen-bond donors (Lipinski definition) is 0. The van der Waals surface area contributed by atoms with Crippen molar-refractivity contribution in [2.75, 3.05) is 6.79 Å². The molecule has 2 aromatic rings. The van der Waals surface area contributed by atoms with Crippen LogP contribution in [0.15, 0.2) is 46.6 Å².